The first-order chi connectivity index (χ1) is 10.0. The van der Waals surface area contributed by atoms with Crippen molar-refractivity contribution in [2.24, 2.45) is 0 Å². The third-order valence-electron chi connectivity index (χ3n) is 2.93. The first-order valence-electron chi connectivity index (χ1n) is 6.66. The van der Waals surface area contributed by atoms with Crippen LogP contribution in [0.3, 0.4) is 0 Å². The van der Waals surface area contributed by atoms with Crippen molar-refractivity contribution in [2.75, 3.05) is 13.1 Å². The van der Waals surface area contributed by atoms with E-state index in [1.54, 1.807) is 12.4 Å². The van der Waals surface area contributed by atoms with E-state index in [-0.39, 0.29) is 4.90 Å². The van der Waals surface area contributed by atoms with Crippen LogP contribution in [-0.2, 0) is 23.0 Å². The Kier molecular flexibility index (Phi) is 5.45. The summed E-state index contributed by atoms with van der Waals surface area (Å²) >= 11 is 1.50. The molecule has 116 valence electrons. The van der Waals surface area contributed by atoms with Gasteiger partial charge in [0, 0.05) is 24.9 Å². The monoisotopic (exact) mass is 329 g/mol. The molecule has 0 unspecified atom stereocenters. The van der Waals surface area contributed by atoms with Crippen molar-refractivity contribution in [3.63, 3.8) is 0 Å². The molecular formula is C12H19N5O2S2. The van der Waals surface area contributed by atoms with Crippen LogP contribution in [0, 0.1) is 6.92 Å². The molecule has 2 aromatic heterocycles. The van der Waals surface area contributed by atoms with E-state index in [1.807, 2.05) is 12.3 Å². The normalized spacial score (nSPS) is 11.9. The molecule has 9 heteroatoms. The Bertz CT molecular complexity index is 664. The number of nitrogens with zero attached hydrogens (tertiary/aromatic N) is 2. The Balaban J connectivity index is 2.06. The Morgan fingerprint density at radius 2 is 2.24 bits per heavy atom. The number of aromatic amines is 1. The number of aromatic nitrogens is 3. The fourth-order valence-corrected chi connectivity index (χ4v) is 3.92. The number of hydrogen-bond acceptors (Lipinski definition) is 6. The Morgan fingerprint density at radius 3 is 2.90 bits per heavy atom. The molecule has 0 amide bonds. The van der Waals surface area contributed by atoms with Gasteiger partial charge in [0.05, 0.1) is 22.6 Å². The fraction of sp³-hybridized carbons (Fsp3) is 0.500. The summed E-state index contributed by atoms with van der Waals surface area (Å²) in [5, 5.41) is 11.8. The highest BCUT2D eigenvalue weighted by atomic mass is 32.2. The highest BCUT2D eigenvalue weighted by Crippen LogP contribution is 2.17. The summed E-state index contributed by atoms with van der Waals surface area (Å²) in [5.74, 6) is 0. The van der Waals surface area contributed by atoms with Crippen molar-refractivity contribution >= 4 is 21.4 Å². The van der Waals surface area contributed by atoms with Crippen molar-refractivity contribution in [1.29, 1.82) is 0 Å². The van der Waals surface area contributed by atoms with Crippen molar-refractivity contribution in [2.45, 2.75) is 31.7 Å². The minimum Gasteiger partial charge on any atom is -0.311 e. The Hall–Kier alpha value is -1.29. The second-order valence-electron chi connectivity index (χ2n) is 4.53. The van der Waals surface area contributed by atoms with Crippen LogP contribution >= 0.6 is 11.3 Å². The maximum Gasteiger partial charge on any atom is 0.244 e. The Morgan fingerprint density at radius 1 is 1.43 bits per heavy atom. The lowest BCUT2D eigenvalue weighted by atomic mass is 10.3. The molecule has 0 radical (unpaired) electrons. The summed E-state index contributed by atoms with van der Waals surface area (Å²) in [7, 11) is -3.57. The molecule has 0 bridgehead atoms. The number of sulfonamides is 1. The molecule has 0 fully saturated rings. The van der Waals surface area contributed by atoms with Crippen molar-refractivity contribution < 1.29 is 8.42 Å². The van der Waals surface area contributed by atoms with Crippen molar-refractivity contribution in [3.05, 3.63) is 28.0 Å². The van der Waals surface area contributed by atoms with Gasteiger partial charge in [-0.15, -0.1) is 11.3 Å². The van der Waals surface area contributed by atoms with Crippen LogP contribution in [0.25, 0.3) is 0 Å². The van der Waals surface area contributed by atoms with Gasteiger partial charge in [-0.3, -0.25) is 5.10 Å². The van der Waals surface area contributed by atoms with Gasteiger partial charge in [-0.1, -0.05) is 6.92 Å². The molecular weight excluding hydrogens is 310 g/mol. The van der Waals surface area contributed by atoms with Gasteiger partial charge in [0.1, 0.15) is 4.90 Å². The second kappa shape index (κ2) is 7.12. The second-order valence-corrected chi connectivity index (χ2v) is 6.95. The minimum absolute atomic E-state index is 0.238. The minimum atomic E-state index is -3.57. The van der Waals surface area contributed by atoms with Crippen LogP contribution < -0.4 is 10.0 Å². The smallest absolute Gasteiger partial charge is 0.244 e. The molecule has 0 aliphatic heterocycles. The van der Waals surface area contributed by atoms with Gasteiger partial charge in [0.2, 0.25) is 10.0 Å². The molecule has 7 nitrogen and oxygen atoms in total. The van der Waals surface area contributed by atoms with Crippen LogP contribution in [0.4, 0.5) is 0 Å². The maximum atomic E-state index is 12.4. The van der Waals surface area contributed by atoms with Crippen molar-refractivity contribution in [1.82, 2.24) is 25.2 Å². The molecule has 0 aliphatic carbocycles. The Labute approximate surface area is 128 Å². The molecule has 21 heavy (non-hydrogen) atoms. The maximum absolute atomic E-state index is 12.4. The summed E-state index contributed by atoms with van der Waals surface area (Å²) in [6, 6.07) is 0. The third kappa shape index (κ3) is 4.10. The van der Waals surface area contributed by atoms with E-state index in [1.165, 1.54) is 11.3 Å². The largest absolute Gasteiger partial charge is 0.311 e. The lowest BCUT2D eigenvalue weighted by Crippen LogP contribution is -2.28. The van der Waals surface area contributed by atoms with Gasteiger partial charge in [-0.25, -0.2) is 18.1 Å². The van der Waals surface area contributed by atoms with Crippen LogP contribution in [0.5, 0.6) is 0 Å². The molecule has 3 N–H and O–H groups in total. The quantitative estimate of drug-likeness (QED) is 0.665. The molecule has 2 rings (SSSR count). The molecule has 0 aliphatic rings. The van der Waals surface area contributed by atoms with Gasteiger partial charge >= 0.3 is 0 Å². The molecule has 0 aromatic carbocycles. The molecule has 0 saturated carbocycles. The van der Waals surface area contributed by atoms with E-state index >= 15 is 0 Å². The van der Waals surface area contributed by atoms with E-state index in [2.05, 4.69) is 25.2 Å². The number of thiazole rings is 1. The first kappa shape index (κ1) is 16.1. The zero-order chi connectivity index (χ0) is 15.3. The van der Waals surface area contributed by atoms with Crippen molar-refractivity contribution in [3.8, 4) is 0 Å². The number of aryl methyl sites for hydroxylation is 1. The standard InChI is InChI=1S/C12H19N5O2S2/c1-3-13-6-11-12(9(2)16-17-11)21(18,19)15-5-4-10-7-20-8-14-10/h7-8,13,15H,3-6H2,1-2H3,(H,16,17). The summed E-state index contributed by atoms with van der Waals surface area (Å²) in [6.45, 7) is 5.15. The highest BCUT2D eigenvalue weighted by Gasteiger charge is 2.23. The van der Waals surface area contributed by atoms with Gasteiger partial charge in [-0.2, -0.15) is 5.10 Å². The predicted octanol–water partition coefficient (Wildman–Crippen LogP) is 0.805. The predicted molar refractivity (Wildman–Crippen MR) is 81.7 cm³/mol. The van der Waals surface area contributed by atoms with Crippen LogP contribution in [0.1, 0.15) is 24.0 Å². The summed E-state index contributed by atoms with van der Waals surface area (Å²) in [6.07, 6.45) is 0.572. The molecule has 0 spiro atoms. The van der Waals surface area contributed by atoms with E-state index < -0.39 is 10.0 Å². The van der Waals surface area contributed by atoms with Gasteiger partial charge in [0.15, 0.2) is 0 Å². The lowest BCUT2D eigenvalue weighted by molar-refractivity contribution is 0.578. The number of hydrogen-bond donors (Lipinski definition) is 3. The third-order valence-corrected chi connectivity index (χ3v) is 5.23. The summed E-state index contributed by atoms with van der Waals surface area (Å²) < 4.78 is 27.4. The SMILES string of the molecule is CCNCc1n[nH]c(C)c1S(=O)(=O)NCCc1cscn1. The van der Waals surface area contributed by atoms with Crippen LogP contribution in [-0.4, -0.2) is 36.7 Å². The average molecular weight is 329 g/mol. The molecule has 0 atom stereocenters. The van der Waals surface area contributed by atoms with Crippen LogP contribution in [0.15, 0.2) is 15.8 Å². The zero-order valence-corrected chi connectivity index (χ0v) is 13.6. The van der Waals surface area contributed by atoms with Gasteiger partial charge < -0.3 is 5.32 Å². The molecule has 2 heterocycles. The average Bonchev–Trinajstić information content (AvgIpc) is 3.06. The van der Waals surface area contributed by atoms with E-state index in [9.17, 15) is 8.42 Å². The van der Waals surface area contributed by atoms with E-state index in [4.69, 9.17) is 0 Å². The van der Waals surface area contributed by atoms with E-state index in [0.717, 1.165) is 12.2 Å². The number of H-pyrrole nitrogens is 1. The summed E-state index contributed by atoms with van der Waals surface area (Å²) in [5.41, 5.74) is 3.68. The molecule has 2 aromatic rings. The topological polar surface area (TPSA) is 99.8 Å². The van der Waals surface area contributed by atoms with Gasteiger partial charge in [-0.05, 0) is 13.5 Å². The van der Waals surface area contributed by atoms with Crippen LogP contribution in [0.2, 0.25) is 0 Å². The lowest BCUT2D eigenvalue weighted by Gasteiger charge is -2.07. The zero-order valence-electron chi connectivity index (χ0n) is 12.0. The number of nitrogens with one attached hydrogen (secondary N) is 3. The first-order valence-corrected chi connectivity index (χ1v) is 9.08. The summed E-state index contributed by atoms with van der Waals surface area (Å²) in [4.78, 5) is 4.37. The fourth-order valence-electron chi connectivity index (χ4n) is 1.94. The van der Waals surface area contributed by atoms with Gasteiger partial charge in [0.25, 0.3) is 0 Å². The number of rotatable bonds is 8. The molecule has 0 saturated heterocycles. The van der Waals surface area contributed by atoms with E-state index in [0.29, 0.717) is 30.9 Å². The highest BCUT2D eigenvalue weighted by molar-refractivity contribution is 7.89.